The van der Waals surface area contributed by atoms with Gasteiger partial charge >= 0.3 is 5.97 Å². The van der Waals surface area contributed by atoms with Gasteiger partial charge in [-0.15, -0.1) is 0 Å². The first kappa shape index (κ1) is 33.6. The summed E-state index contributed by atoms with van der Waals surface area (Å²) in [5.41, 5.74) is -0.337. The molecule has 2 aliphatic rings. The zero-order chi connectivity index (χ0) is 28.0. The van der Waals surface area contributed by atoms with Crippen molar-refractivity contribution in [3.05, 3.63) is 0 Å². The van der Waals surface area contributed by atoms with Gasteiger partial charge in [0, 0.05) is 30.3 Å². The summed E-state index contributed by atoms with van der Waals surface area (Å²) in [6.07, 6.45) is 23.0. The van der Waals surface area contributed by atoms with Crippen molar-refractivity contribution in [3.8, 4) is 0 Å². The zero-order valence-corrected chi connectivity index (χ0v) is 26.2. The molecule has 0 radical (unpaired) electrons. The molecular weight excluding hydrogens is 474 g/mol. The predicted molar refractivity (Wildman–Crippen MR) is 158 cm³/mol. The third kappa shape index (κ3) is 12.7. The van der Waals surface area contributed by atoms with Gasteiger partial charge < -0.3 is 19.5 Å². The number of ether oxygens (including phenoxy) is 3. The van der Waals surface area contributed by atoms with Crippen molar-refractivity contribution in [2.24, 2.45) is 5.41 Å². The SMILES string of the molecule is CCCCCCCCCCCCCCCCCC(=O)OCC1(CC)COC2(CC(C)(C)NC(C)(C)C2)OC1. The van der Waals surface area contributed by atoms with Crippen molar-refractivity contribution < 1.29 is 19.0 Å². The highest BCUT2D eigenvalue weighted by atomic mass is 16.7. The second-order valence-corrected chi connectivity index (χ2v) is 13.9. The summed E-state index contributed by atoms with van der Waals surface area (Å²) < 4.78 is 18.6. The van der Waals surface area contributed by atoms with Crippen molar-refractivity contribution in [2.45, 2.75) is 180 Å². The number of rotatable bonds is 19. The first-order valence-electron chi connectivity index (χ1n) is 16.3. The molecular formula is C33H63NO4. The van der Waals surface area contributed by atoms with Crippen LogP contribution in [0.3, 0.4) is 0 Å². The Bertz CT molecular complexity index is 633. The van der Waals surface area contributed by atoms with Crippen molar-refractivity contribution in [1.82, 2.24) is 5.32 Å². The van der Waals surface area contributed by atoms with Crippen LogP contribution in [0.25, 0.3) is 0 Å². The van der Waals surface area contributed by atoms with Crippen molar-refractivity contribution >= 4 is 5.97 Å². The van der Waals surface area contributed by atoms with Gasteiger partial charge in [0.1, 0.15) is 6.61 Å². The summed E-state index contributed by atoms with van der Waals surface area (Å²) in [6.45, 7) is 14.8. The van der Waals surface area contributed by atoms with Gasteiger partial charge in [0.05, 0.1) is 18.6 Å². The van der Waals surface area contributed by atoms with E-state index in [0.717, 1.165) is 32.1 Å². The molecule has 0 bridgehead atoms. The van der Waals surface area contributed by atoms with Gasteiger partial charge in [-0.25, -0.2) is 0 Å². The number of carbonyl (C=O) groups is 1. The third-order valence-electron chi connectivity index (χ3n) is 8.66. The van der Waals surface area contributed by atoms with Gasteiger partial charge in [0.2, 0.25) is 0 Å². The number of hydrogen-bond donors (Lipinski definition) is 1. The molecule has 5 heteroatoms. The smallest absolute Gasteiger partial charge is 0.305 e. The third-order valence-corrected chi connectivity index (χ3v) is 8.66. The van der Waals surface area contributed by atoms with E-state index in [1.54, 1.807) is 0 Å². The highest BCUT2D eigenvalue weighted by Crippen LogP contribution is 2.44. The maximum absolute atomic E-state index is 12.4. The first-order chi connectivity index (χ1) is 18.1. The van der Waals surface area contributed by atoms with Crippen LogP contribution >= 0.6 is 0 Å². The van der Waals surface area contributed by atoms with Crippen LogP contribution in [0, 0.1) is 5.41 Å². The van der Waals surface area contributed by atoms with E-state index < -0.39 is 5.79 Å². The van der Waals surface area contributed by atoms with Crippen LogP contribution in [0.5, 0.6) is 0 Å². The quantitative estimate of drug-likeness (QED) is 0.132. The molecule has 2 fully saturated rings. The fraction of sp³-hybridized carbons (Fsp3) is 0.970. The normalized spacial score (nSPS) is 21.4. The molecule has 0 unspecified atom stereocenters. The molecule has 2 heterocycles. The lowest BCUT2D eigenvalue weighted by Gasteiger charge is -2.55. The fourth-order valence-corrected chi connectivity index (χ4v) is 6.61. The van der Waals surface area contributed by atoms with E-state index in [1.807, 2.05) is 0 Å². The van der Waals surface area contributed by atoms with Crippen LogP contribution in [0.4, 0.5) is 0 Å². The summed E-state index contributed by atoms with van der Waals surface area (Å²) in [5.74, 6) is -0.619. The molecule has 2 rings (SSSR count). The Morgan fingerprint density at radius 2 is 1.11 bits per heavy atom. The zero-order valence-electron chi connectivity index (χ0n) is 26.2. The standard InChI is InChI=1S/C33H63NO4/c1-7-9-10-11-12-13-14-15-16-17-18-19-20-21-22-23-29(35)36-26-32(8-2)27-37-33(38-28-32)24-30(3,4)34-31(5,6)25-33/h34H,7-28H2,1-6H3. The Morgan fingerprint density at radius 3 is 1.53 bits per heavy atom. The van der Waals surface area contributed by atoms with Crippen LogP contribution in [0.2, 0.25) is 0 Å². The van der Waals surface area contributed by atoms with E-state index in [9.17, 15) is 4.79 Å². The van der Waals surface area contributed by atoms with Crippen LogP contribution in [0.15, 0.2) is 0 Å². The molecule has 1 spiro atoms. The minimum atomic E-state index is -0.547. The number of esters is 1. The Labute approximate surface area is 235 Å². The molecule has 38 heavy (non-hydrogen) atoms. The number of unbranched alkanes of at least 4 members (excludes halogenated alkanes) is 14. The van der Waals surface area contributed by atoms with E-state index in [4.69, 9.17) is 14.2 Å². The van der Waals surface area contributed by atoms with Gasteiger partial charge in [0.15, 0.2) is 5.79 Å². The molecule has 0 saturated carbocycles. The fourth-order valence-electron chi connectivity index (χ4n) is 6.61. The van der Waals surface area contributed by atoms with E-state index in [2.05, 4.69) is 46.9 Å². The Morgan fingerprint density at radius 1 is 0.684 bits per heavy atom. The van der Waals surface area contributed by atoms with E-state index in [0.29, 0.717) is 26.2 Å². The largest absolute Gasteiger partial charge is 0.465 e. The molecule has 0 aliphatic carbocycles. The maximum atomic E-state index is 12.4. The van der Waals surface area contributed by atoms with Crippen molar-refractivity contribution in [1.29, 1.82) is 0 Å². The monoisotopic (exact) mass is 537 g/mol. The minimum absolute atomic E-state index is 0.0479. The van der Waals surface area contributed by atoms with Crippen molar-refractivity contribution in [3.63, 3.8) is 0 Å². The summed E-state index contributed by atoms with van der Waals surface area (Å²) in [7, 11) is 0. The van der Waals surface area contributed by atoms with Crippen LogP contribution in [-0.2, 0) is 19.0 Å². The number of nitrogens with one attached hydrogen (secondary N) is 1. The highest BCUT2D eigenvalue weighted by molar-refractivity contribution is 5.69. The summed E-state index contributed by atoms with van der Waals surface area (Å²) in [6, 6.07) is 0. The average Bonchev–Trinajstić information content (AvgIpc) is 2.84. The molecule has 0 aromatic rings. The molecule has 0 aromatic carbocycles. The van der Waals surface area contributed by atoms with Gasteiger partial charge in [-0.2, -0.15) is 0 Å². The maximum Gasteiger partial charge on any atom is 0.305 e. The summed E-state index contributed by atoms with van der Waals surface area (Å²) in [5, 5.41) is 3.70. The summed E-state index contributed by atoms with van der Waals surface area (Å²) >= 11 is 0. The first-order valence-corrected chi connectivity index (χ1v) is 16.3. The Kier molecular flexibility index (Phi) is 14.6. The van der Waals surface area contributed by atoms with Crippen LogP contribution in [0.1, 0.15) is 164 Å². The van der Waals surface area contributed by atoms with Gasteiger partial charge in [-0.3, -0.25) is 4.79 Å². The molecule has 0 aromatic heterocycles. The topological polar surface area (TPSA) is 56.8 Å². The van der Waals surface area contributed by atoms with Crippen LogP contribution in [-0.4, -0.2) is 42.7 Å². The molecule has 1 N–H and O–H groups in total. The lowest BCUT2D eigenvalue weighted by Crippen LogP contribution is -2.67. The van der Waals surface area contributed by atoms with E-state index >= 15 is 0 Å². The number of hydrogen-bond acceptors (Lipinski definition) is 5. The van der Waals surface area contributed by atoms with Gasteiger partial charge in [-0.1, -0.05) is 104 Å². The molecule has 2 aliphatic heterocycles. The number of piperidine rings is 1. The second-order valence-electron chi connectivity index (χ2n) is 13.9. The summed E-state index contributed by atoms with van der Waals surface area (Å²) in [4.78, 5) is 12.4. The van der Waals surface area contributed by atoms with E-state index in [1.165, 1.54) is 83.5 Å². The predicted octanol–water partition coefficient (Wildman–Crippen LogP) is 8.87. The number of carbonyl (C=O) groups excluding carboxylic acids is 1. The molecule has 5 nitrogen and oxygen atoms in total. The molecule has 0 atom stereocenters. The van der Waals surface area contributed by atoms with Crippen LogP contribution < -0.4 is 5.32 Å². The Hall–Kier alpha value is -0.650. The molecule has 2 saturated heterocycles. The lowest BCUT2D eigenvalue weighted by molar-refractivity contribution is -0.332. The minimum Gasteiger partial charge on any atom is -0.465 e. The van der Waals surface area contributed by atoms with Gasteiger partial charge in [-0.05, 0) is 40.5 Å². The highest BCUT2D eigenvalue weighted by Gasteiger charge is 2.53. The van der Waals surface area contributed by atoms with E-state index in [-0.39, 0.29) is 22.5 Å². The van der Waals surface area contributed by atoms with Gasteiger partial charge in [0.25, 0.3) is 0 Å². The lowest BCUT2D eigenvalue weighted by atomic mass is 9.77. The molecule has 0 amide bonds. The second kappa shape index (κ2) is 16.6. The van der Waals surface area contributed by atoms with Crippen molar-refractivity contribution in [2.75, 3.05) is 19.8 Å². The Balaban J connectivity index is 1.50. The molecule has 224 valence electrons. The average molecular weight is 538 g/mol.